The smallest absolute Gasteiger partial charge is 0.340 e. The average Bonchev–Trinajstić information content (AvgIpc) is 2.49. The number of aromatic nitrogens is 1. The van der Waals surface area contributed by atoms with Crippen molar-refractivity contribution in [2.45, 2.75) is 17.6 Å². The van der Waals surface area contributed by atoms with E-state index in [0.717, 1.165) is 0 Å². The Morgan fingerprint density at radius 1 is 1.25 bits per heavy atom. The van der Waals surface area contributed by atoms with Gasteiger partial charge in [-0.25, -0.2) is 4.79 Å². The lowest BCUT2D eigenvalue weighted by Gasteiger charge is -2.12. The van der Waals surface area contributed by atoms with E-state index in [1.54, 1.807) is 37.4 Å². The van der Waals surface area contributed by atoms with Crippen molar-refractivity contribution in [3.63, 3.8) is 0 Å². The number of carbonyl (C=O) groups excluding carboxylic acids is 1. The quantitative estimate of drug-likeness (QED) is 0.627. The third-order valence-electron chi connectivity index (χ3n) is 2.66. The molecular formula is C15H15NO3S. The van der Waals surface area contributed by atoms with E-state index in [9.17, 15) is 9.35 Å². The van der Waals surface area contributed by atoms with E-state index in [2.05, 4.69) is 4.98 Å². The van der Waals surface area contributed by atoms with E-state index in [1.807, 2.05) is 18.2 Å². The van der Waals surface area contributed by atoms with Crippen LogP contribution in [0.15, 0.2) is 53.6 Å². The molecule has 20 heavy (non-hydrogen) atoms. The first-order valence-corrected chi connectivity index (χ1v) is 7.58. The molecule has 0 amide bonds. The zero-order valence-electron chi connectivity index (χ0n) is 11.1. The van der Waals surface area contributed by atoms with E-state index < -0.39 is 17.1 Å². The molecule has 104 valence electrons. The highest BCUT2D eigenvalue weighted by Gasteiger charge is 2.19. The van der Waals surface area contributed by atoms with Crippen LogP contribution in [-0.4, -0.2) is 22.1 Å². The van der Waals surface area contributed by atoms with Gasteiger partial charge in [-0.1, -0.05) is 18.2 Å². The van der Waals surface area contributed by atoms with Crippen LogP contribution in [0.1, 0.15) is 23.0 Å². The highest BCUT2D eigenvalue weighted by molar-refractivity contribution is 7.90. The van der Waals surface area contributed by atoms with Crippen LogP contribution in [0.4, 0.5) is 0 Å². The van der Waals surface area contributed by atoms with Gasteiger partial charge < -0.3 is 9.29 Å². The summed E-state index contributed by atoms with van der Waals surface area (Å²) in [5.74, 6) is -0.236. The minimum Gasteiger partial charge on any atom is -0.611 e. The minimum atomic E-state index is -1.24. The monoisotopic (exact) mass is 289 g/mol. The third-order valence-corrected chi connectivity index (χ3v) is 3.99. The molecule has 0 fully saturated rings. The van der Waals surface area contributed by atoms with Crippen LogP contribution in [0.25, 0.3) is 0 Å². The number of ether oxygens (including phenoxy) is 1. The van der Waals surface area contributed by atoms with Gasteiger partial charge in [-0.3, -0.25) is 4.98 Å². The zero-order valence-corrected chi connectivity index (χ0v) is 11.9. The molecule has 0 aliphatic carbocycles. The fraction of sp³-hybridized carbons (Fsp3) is 0.200. The summed E-state index contributed by atoms with van der Waals surface area (Å²) in [4.78, 5) is 16.7. The van der Waals surface area contributed by atoms with Crippen molar-refractivity contribution < 1.29 is 14.1 Å². The molecule has 1 unspecified atom stereocenters. The first kappa shape index (κ1) is 14.6. The lowest BCUT2D eigenvalue weighted by molar-refractivity contribution is 0.0525. The van der Waals surface area contributed by atoms with E-state index >= 15 is 0 Å². The lowest BCUT2D eigenvalue weighted by atomic mass is 10.2. The highest BCUT2D eigenvalue weighted by atomic mass is 32.2. The molecule has 0 aliphatic heterocycles. The van der Waals surface area contributed by atoms with Crippen molar-refractivity contribution in [1.82, 2.24) is 4.98 Å². The van der Waals surface area contributed by atoms with Crippen LogP contribution in [-0.2, 0) is 21.7 Å². The van der Waals surface area contributed by atoms with Crippen LogP contribution in [0.3, 0.4) is 0 Å². The number of esters is 1. The van der Waals surface area contributed by atoms with Crippen molar-refractivity contribution in [2.24, 2.45) is 0 Å². The molecule has 2 rings (SSSR count). The Morgan fingerprint density at radius 2 is 2.00 bits per heavy atom. The molecule has 4 nitrogen and oxygen atoms in total. The summed E-state index contributed by atoms with van der Waals surface area (Å²) in [5.41, 5.74) is 0.867. The Labute approximate surface area is 121 Å². The maximum absolute atomic E-state index is 12.3. The lowest BCUT2D eigenvalue weighted by Crippen LogP contribution is -2.13. The summed E-state index contributed by atoms with van der Waals surface area (Å²) < 4.78 is 17.2. The third kappa shape index (κ3) is 3.59. The van der Waals surface area contributed by atoms with Crippen LogP contribution in [0, 0.1) is 0 Å². The number of benzene rings is 1. The number of hydrogen-bond donors (Lipinski definition) is 0. The number of nitrogens with zero attached hydrogens (tertiary/aromatic N) is 1. The predicted molar refractivity (Wildman–Crippen MR) is 76.7 cm³/mol. The largest absolute Gasteiger partial charge is 0.611 e. The van der Waals surface area contributed by atoms with Gasteiger partial charge in [0.05, 0.1) is 12.2 Å². The van der Waals surface area contributed by atoms with Crippen LogP contribution >= 0.6 is 0 Å². The number of carbonyl (C=O) groups is 1. The summed E-state index contributed by atoms with van der Waals surface area (Å²) in [7, 11) is 0. The maximum Gasteiger partial charge on any atom is 0.340 e. The molecular weight excluding hydrogens is 274 g/mol. The topological polar surface area (TPSA) is 62.2 Å². The van der Waals surface area contributed by atoms with Crippen molar-refractivity contribution in [2.75, 3.05) is 6.61 Å². The Kier molecular flexibility index (Phi) is 5.15. The second-order valence-electron chi connectivity index (χ2n) is 4.02. The van der Waals surface area contributed by atoms with Crippen LogP contribution in [0.2, 0.25) is 0 Å². The van der Waals surface area contributed by atoms with Gasteiger partial charge in [0, 0.05) is 6.20 Å². The SMILES string of the molecule is CCOC(=O)c1cccnc1C[S+]([O-])c1ccccc1. The molecule has 0 bridgehead atoms. The first-order chi connectivity index (χ1) is 9.72. The Hall–Kier alpha value is -1.85. The Balaban J connectivity index is 2.19. The molecule has 1 aromatic heterocycles. The second kappa shape index (κ2) is 7.07. The van der Waals surface area contributed by atoms with Gasteiger partial charge in [-0.2, -0.15) is 0 Å². The average molecular weight is 289 g/mol. The fourth-order valence-corrected chi connectivity index (χ4v) is 2.83. The molecule has 0 radical (unpaired) electrons. The number of rotatable bonds is 5. The summed E-state index contributed by atoms with van der Waals surface area (Å²) in [5, 5.41) is 0. The number of hydrogen-bond acceptors (Lipinski definition) is 4. The normalized spacial score (nSPS) is 11.9. The van der Waals surface area contributed by atoms with Gasteiger partial charge in [0.15, 0.2) is 10.6 Å². The Bertz CT molecular complexity index is 574. The molecule has 1 atom stereocenters. The molecule has 0 N–H and O–H groups in total. The standard InChI is InChI=1S/C15H15NO3S/c1-2-19-15(17)13-9-6-10-16-14(13)11-20(18)12-7-4-3-5-8-12/h3-10H,2,11H2,1H3. The van der Waals surface area contributed by atoms with Gasteiger partial charge >= 0.3 is 5.97 Å². The van der Waals surface area contributed by atoms with Gasteiger partial charge in [0.2, 0.25) is 0 Å². The molecule has 0 saturated carbocycles. The molecule has 0 saturated heterocycles. The Morgan fingerprint density at radius 3 is 2.70 bits per heavy atom. The van der Waals surface area contributed by atoms with E-state index in [-0.39, 0.29) is 5.75 Å². The summed E-state index contributed by atoms with van der Waals surface area (Å²) in [6.45, 7) is 2.05. The van der Waals surface area contributed by atoms with Crippen molar-refractivity contribution in [1.29, 1.82) is 0 Å². The summed E-state index contributed by atoms with van der Waals surface area (Å²) in [6.07, 6.45) is 1.58. The first-order valence-electron chi connectivity index (χ1n) is 6.26. The van der Waals surface area contributed by atoms with Crippen molar-refractivity contribution in [3.8, 4) is 0 Å². The van der Waals surface area contributed by atoms with Gasteiger partial charge in [0.25, 0.3) is 0 Å². The second-order valence-corrected chi connectivity index (χ2v) is 5.47. The van der Waals surface area contributed by atoms with Gasteiger partial charge in [-0.15, -0.1) is 0 Å². The maximum atomic E-state index is 12.3. The fourth-order valence-electron chi connectivity index (χ4n) is 1.73. The molecule has 0 aliphatic rings. The van der Waals surface area contributed by atoms with Gasteiger partial charge in [-0.05, 0) is 42.4 Å². The molecule has 0 spiro atoms. The predicted octanol–water partition coefficient (Wildman–Crippen LogP) is 2.57. The van der Waals surface area contributed by atoms with Crippen LogP contribution < -0.4 is 0 Å². The number of pyridine rings is 1. The highest BCUT2D eigenvalue weighted by Crippen LogP contribution is 2.17. The van der Waals surface area contributed by atoms with Crippen molar-refractivity contribution >= 4 is 17.1 Å². The van der Waals surface area contributed by atoms with Gasteiger partial charge in [0.1, 0.15) is 5.69 Å². The summed E-state index contributed by atoms with van der Waals surface area (Å²) in [6, 6.07) is 12.4. The molecule has 5 heteroatoms. The van der Waals surface area contributed by atoms with Crippen LogP contribution in [0.5, 0.6) is 0 Å². The van der Waals surface area contributed by atoms with E-state index in [0.29, 0.717) is 22.8 Å². The molecule has 1 aromatic carbocycles. The minimum absolute atomic E-state index is 0.193. The molecule has 1 heterocycles. The van der Waals surface area contributed by atoms with Crippen molar-refractivity contribution in [3.05, 3.63) is 59.9 Å². The molecule has 2 aromatic rings. The zero-order chi connectivity index (χ0) is 14.4. The van der Waals surface area contributed by atoms with E-state index in [4.69, 9.17) is 4.74 Å². The van der Waals surface area contributed by atoms with E-state index in [1.165, 1.54) is 0 Å². The summed E-state index contributed by atoms with van der Waals surface area (Å²) >= 11 is -1.24.